The molecule has 0 radical (unpaired) electrons. The summed E-state index contributed by atoms with van der Waals surface area (Å²) in [6.07, 6.45) is 0. The third kappa shape index (κ3) is 6.76. The van der Waals surface area contributed by atoms with Crippen LogP contribution in [0.3, 0.4) is 0 Å². The molecule has 0 aliphatic carbocycles. The van der Waals surface area contributed by atoms with Crippen LogP contribution in [0.5, 0.6) is 0 Å². The average Bonchev–Trinajstić information content (AvgIpc) is 2.42. The van der Waals surface area contributed by atoms with Gasteiger partial charge in [0.15, 0.2) is 0 Å². The number of para-hydroxylation sites is 2. The molecule has 2 rings (SSSR count). The molecule has 0 saturated heterocycles. The average molecular weight is 292 g/mol. The third-order valence-electron chi connectivity index (χ3n) is 2.62. The Kier molecular flexibility index (Phi) is 11.8. The monoisotopic (exact) mass is 292 g/mol. The minimum Gasteiger partial charge on any atom is -0.398 e. The predicted molar refractivity (Wildman–Crippen MR) is 92.9 cm³/mol. The highest BCUT2D eigenvalue weighted by molar-refractivity contribution is 5.83. The summed E-state index contributed by atoms with van der Waals surface area (Å²) in [4.78, 5) is 0. The molecule has 118 valence electrons. The summed E-state index contributed by atoms with van der Waals surface area (Å²) >= 11 is 0. The van der Waals surface area contributed by atoms with Gasteiger partial charge >= 0.3 is 0 Å². The Labute approximate surface area is 127 Å². The zero-order valence-corrected chi connectivity index (χ0v) is 13.0. The summed E-state index contributed by atoms with van der Waals surface area (Å²) in [6, 6.07) is 15.4. The topological polar surface area (TPSA) is 131 Å². The number of anilines is 2. The number of nitrogens with two attached hydrogens (primary N) is 2. The summed E-state index contributed by atoms with van der Waals surface area (Å²) in [6.45, 7) is 5.67. The zero-order valence-electron chi connectivity index (χ0n) is 13.0. The molecule has 5 heteroatoms. The van der Waals surface area contributed by atoms with Crippen LogP contribution in [0.25, 0.3) is 11.1 Å². The third-order valence-corrected chi connectivity index (χ3v) is 2.62. The van der Waals surface area contributed by atoms with Gasteiger partial charge in [-0.1, -0.05) is 36.4 Å². The molecule has 5 nitrogen and oxygen atoms in total. The largest absolute Gasteiger partial charge is 0.398 e. The van der Waals surface area contributed by atoms with Gasteiger partial charge in [-0.05, 0) is 26.0 Å². The number of nitrogen functional groups attached to an aromatic ring is 2. The van der Waals surface area contributed by atoms with Crippen molar-refractivity contribution in [2.24, 2.45) is 0 Å². The Balaban J connectivity index is 0. The normalized spacial score (nSPS) is 8.67. The first-order valence-electron chi connectivity index (χ1n) is 6.47. The van der Waals surface area contributed by atoms with Crippen LogP contribution in [0.2, 0.25) is 0 Å². The van der Waals surface area contributed by atoms with Crippen LogP contribution in [0.1, 0.15) is 13.8 Å². The van der Waals surface area contributed by atoms with Gasteiger partial charge in [0.2, 0.25) is 0 Å². The number of ether oxygens (including phenoxy) is 1. The lowest BCUT2D eigenvalue weighted by molar-refractivity contribution is 0.162. The SMILES string of the molecule is CCOCC.N.N.Nc1ccccc1-c1ccccc1N. The molecule has 10 N–H and O–H groups in total. The van der Waals surface area contributed by atoms with Crippen molar-refractivity contribution in [3.05, 3.63) is 48.5 Å². The van der Waals surface area contributed by atoms with E-state index in [2.05, 4.69) is 0 Å². The standard InChI is InChI=1S/C12H12N2.C4H10O.2H3N/c13-11-7-3-1-5-9(11)10-6-2-4-8-12(10)14;1-3-5-4-2;;/h1-8H,13-14H2;3-4H2,1-2H3;2*1H3. The maximum atomic E-state index is 5.87. The van der Waals surface area contributed by atoms with Crippen LogP contribution >= 0.6 is 0 Å². The lowest BCUT2D eigenvalue weighted by atomic mass is 10.0. The molecule has 0 aliphatic rings. The molecule has 0 unspecified atom stereocenters. The van der Waals surface area contributed by atoms with Gasteiger partial charge < -0.3 is 28.5 Å². The first kappa shape index (κ1) is 21.2. The van der Waals surface area contributed by atoms with E-state index in [-0.39, 0.29) is 12.3 Å². The molecule has 2 aromatic rings. The summed E-state index contributed by atoms with van der Waals surface area (Å²) in [7, 11) is 0. The second-order valence-corrected chi connectivity index (χ2v) is 3.96. The fourth-order valence-electron chi connectivity index (χ4n) is 1.69. The van der Waals surface area contributed by atoms with Crippen molar-refractivity contribution in [2.45, 2.75) is 13.8 Å². The molecule has 0 spiro atoms. The highest BCUT2D eigenvalue weighted by Crippen LogP contribution is 2.29. The Morgan fingerprint density at radius 2 is 1.05 bits per heavy atom. The minimum absolute atomic E-state index is 0. The fourth-order valence-corrected chi connectivity index (χ4v) is 1.69. The molecule has 0 amide bonds. The predicted octanol–water partition coefficient (Wildman–Crippen LogP) is 3.88. The molecule has 21 heavy (non-hydrogen) atoms. The molecular weight excluding hydrogens is 264 g/mol. The zero-order chi connectivity index (χ0) is 14.1. The van der Waals surface area contributed by atoms with Crippen LogP contribution in [-0.4, -0.2) is 13.2 Å². The number of rotatable bonds is 3. The van der Waals surface area contributed by atoms with Crippen molar-refractivity contribution in [1.29, 1.82) is 0 Å². The van der Waals surface area contributed by atoms with Gasteiger partial charge in [0.05, 0.1) is 0 Å². The van der Waals surface area contributed by atoms with E-state index >= 15 is 0 Å². The lowest BCUT2D eigenvalue weighted by Crippen LogP contribution is -1.93. The molecule has 0 aliphatic heterocycles. The Morgan fingerprint density at radius 3 is 1.29 bits per heavy atom. The molecule has 0 aromatic heterocycles. The maximum absolute atomic E-state index is 5.87. The van der Waals surface area contributed by atoms with Gasteiger partial charge in [0.1, 0.15) is 0 Å². The summed E-state index contributed by atoms with van der Waals surface area (Å²) in [5, 5.41) is 0. The van der Waals surface area contributed by atoms with E-state index in [9.17, 15) is 0 Å². The highest BCUT2D eigenvalue weighted by atomic mass is 16.5. The minimum atomic E-state index is 0. The smallest absolute Gasteiger partial charge is 0.0437 e. The van der Waals surface area contributed by atoms with Crippen LogP contribution in [0.15, 0.2) is 48.5 Å². The van der Waals surface area contributed by atoms with E-state index in [0.29, 0.717) is 0 Å². The number of hydrogen-bond acceptors (Lipinski definition) is 5. The molecular formula is C16H28N4O. The molecule has 0 fully saturated rings. The van der Waals surface area contributed by atoms with Gasteiger partial charge in [0, 0.05) is 35.7 Å². The van der Waals surface area contributed by atoms with Crippen molar-refractivity contribution < 1.29 is 4.74 Å². The summed E-state index contributed by atoms with van der Waals surface area (Å²) < 4.78 is 4.83. The lowest BCUT2D eigenvalue weighted by Gasteiger charge is -2.07. The maximum Gasteiger partial charge on any atom is 0.0437 e. The van der Waals surface area contributed by atoms with Crippen LogP contribution in [-0.2, 0) is 4.74 Å². The van der Waals surface area contributed by atoms with Gasteiger partial charge in [-0.3, -0.25) is 0 Å². The number of benzene rings is 2. The first-order chi connectivity index (χ1) is 9.20. The van der Waals surface area contributed by atoms with Crippen molar-refractivity contribution in [1.82, 2.24) is 12.3 Å². The van der Waals surface area contributed by atoms with Gasteiger partial charge in [-0.25, -0.2) is 0 Å². The van der Waals surface area contributed by atoms with Crippen molar-refractivity contribution in [3.8, 4) is 11.1 Å². The van der Waals surface area contributed by atoms with E-state index in [1.54, 1.807) is 0 Å². The Hall–Kier alpha value is -2.08. The molecule has 0 saturated carbocycles. The molecule has 0 atom stereocenters. The molecule has 0 heterocycles. The quantitative estimate of drug-likeness (QED) is 0.637. The van der Waals surface area contributed by atoms with Crippen LogP contribution in [0.4, 0.5) is 11.4 Å². The summed E-state index contributed by atoms with van der Waals surface area (Å²) in [5.41, 5.74) is 15.2. The van der Waals surface area contributed by atoms with Crippen LogP contribution < -0.4 is 23.8 Å². The van der Waals surface area contributed by atoms with Crippen molar-refractivity contribution in [3.63, 3.8) is 0 Å². The molecule has 0 bridgehead atoms. The number of hydrogen-bond donors (Lipinski definition) is 4. The van der Waals surface area contributed by atoms with Crippen molar-refractivity contribution >= 4 is 11.4 Å². The summed E-state index contributed by atoms with van der Waals surface area (Å²) in [5.74, 6) is 0. The Morgan fingerprint density at radius 1 is 0.714 bits per heavy atom. The highest BCUT2D eigenvalue weighted by Gasteiger charge is 2.03. The van der Waals surface area contributed by atoms with E-state index in [0.717, 1.165) is 35.7 Å². The second-order valence-electron chi connectivity index (χ2n) is 3.96. The Bertz CT molecular complexity index is 458. The van der Waals surface area contributed by atoms with Crippen molar-refractivity contribution in [2.75, 3.05) is 24.7 Å². The van der Waals surface area contributed by atoms with E-state index in [1.165, 1.54) is 0 Å². The van der Waals surface area contributed by atoms with Crippen LogP contribution in [0, 0.1) is 0 Å². The molecule has 2 aromatic carbocycles. The van der Waals surface area contributed by atoms with Gasteiger partial charge in [0.25, 0.3) is 0 Å². The van der Waals surface area contributed by atoms with E-state index < -0.39 is 0 Å². The van der Waals surface area contributed by atoms with E-state index in [1.807, 2.05) is 62.4 Å². The fraction of sp³-hybridized carbons (Fsp3) is 0.250. The first-order valence-corrected chi connectivity index (χ1v) is 6.47. The van der Waals surface area contributed by atoms with E-state index in [4.69, 9.17) is 16.2 Å². The second kappa shape index (κ2) is 11.7. The van der Waals surface area contributed by atoms with Gasteiger partial charge in [-0.15, -0.1) is 0 Å². The van der Waals surface area contributed by atoms with Gasteiger partial charge in [-0.2, -0.15) is 0 Å².